The molecule has 0 spiro atoms. The van der Waals surface area contributed by atoms with Crippen molar-refractivity contribution in [3.8, 4) is 23.0 Å². The number of nitrogens with zero attached hydrogens (tertiary/aromatic N) is 2. The van der Waals surface area contributed by atoms with Gasteiger partial charge in [0.1, 0.15) is 28.8 Å². The van der Waals surface area contributed by atoms with Crippen molar-refractivity contribution in [2.75, 3.05) is 97.5 Å². The van der Waals surface area contributed by atoms with E-state index < -0.39 is 6.03 Å². The van der Waals surface area contributed by atoms with Gasteiger partial charge >= 0.3 is 6.03 Å². The maximum Gasteiger partial charge on any atom is 0.323 e. The molecule has 1 aromatic heterocycles. The lowest BCUT2D eigenvalue weighted by Crippen LogP contribution is -2.33. The van der Waals surface area contributed by atoms with Crippen LogP contribution in [0.5, 0.6) is 23.0 Å². The van der Waals surface area contributed by atoms with Crippen LogP contribution in [0.4, 0.5) is 27.7 Å². The van der Waals surface area contributed by atoms with Gasteiger partial charge in [0.15, 0.2) is 0 Å². The molecule has 4 amide bonds. The molecule has 4 aromatic carbocycles. The van der Waals surface area contributed by atoms with Gasteiger partial charge in [-0.2, -0.15) is 0 Å². The standard InChI is InChI=1S/C47H59N7O9/c1-47(2,3)33-23-32(29-50-43(55)30-54(4)5)44(60-8)40(26-33)53-46(57)52-39-13-14-41(38-12-10-9-11-37(38)39)63-35-15-16-48-42(28-35)51-34-24-31(25-36(27-34)59-7)45(56)49-17-18-61-21-22-62-20-19-58-6/h9-16,23-28H,17-22,29-30H2,1-8H3,(H,48,51)(H,49,56)(H,50,55)(H2,52,53,57). The Morgan fingerprint density at radius 2 is 1.46 bits per heavy atom. The molecule has 0 radical (unpaired) electrons. The molecule has 0 bridgehead atoms. The lowest BCUT2D eigenvalue weighted by molar-refractivity contribution is -0.121. The second kappa shape index (κ2) is 23.1. The molecular formula is C47H59N7O9. The number of carbonyl (C=O) groups is 3. The van der Waals surface area contributed by atoms with Crippen LogP contribution in [0.2, 0.25) is 0 Å². The summed E-state index contributed by atoms with van der Waals surface area (Å²) in [5.74, 6) is 2.05. The van der Waals surface area contributed by atoms with Crippen LogP contribution in [0.1, 0.15) is 42.3 Å². The Morgan fingerprint density at radius 3 is 2.17 bits per heavy atom. The average molecular weight is 866 g/mol. The van der Waals surface area contributed by atoms with E-state index in [0.29, 0.717) is 91.0 Å². The first-order chi connectivity index (χ1) is 30.3. The van der Waals surface area contributed by atoms with E-state index in [1.165, 1.54) is 14.2 Å². The average Bonchev–Trinajstić information content (AvgIpc) is 3.25. The van der Waals surface area contributed by atoms with Gasteiger partial charge in [0.2, 0.25) is 5.91 Å². The second-order valence-electron chi connectivity index (χ2n) is 15.7. The second-order valence-corrected chi connectivity index (χ2v) is 15.7. The number of nitrogens with one attached hydrogen (secondary N) is 5. The molecule has 0 saturated heterocycles. The van der Waals surface area contributed by atoms with E-state index >= 15 is 0 Å². The van der Waals surface area contributed by atoms with Crippen molar-refractivity contribution in [3.63, 3.8) is 0 Å². The van der Waals surface area contributed by atoms with Crippen LogP contribution in [0.15, 0.2) is 85.1 Å². The van der Waals surface area contributed by atoms with Crippen LogP contribution < -0.4 is 40.8 Å². The fraction of sp³-hybridized carbons (Fsp3) is 0.362. The third-order valence-electron chi connectivity index (χ3n) is 9.52. The predicted molar refractivity (Wildman–Crippen MR) is 245 cm³/mol. The zero-order valence-electron chi connectivity index (χ0n) is 37.3. The molecule has 0 aliphatic carbocycles. The quantitative estimate of drug-likeness (QED) is 0.0438. The smallest absolute Gasteiger partial charge is 0.323 e. The highest BCUT2D eigenvalue weighted by molar-refractivity contribution is 6.08. The Labute approximate surface area is 368 Å². The number of methoxy groups -OCH3 is 3. The van der Waals surface area contributed by atoms with Crippen molar-refractivity contribution in [2.45, 2.75) is 32.7 Å². The maximum absolute atomic E-state index is 13.7. The molecule has 5 N–H and O–H groups in total. The Balaban J connectivity index is 1.27. The van der Waals surface area contributed by atoms with Gasteiger partial charge in [0.05, 0.1) is 65.2 Å². The lowest BCUT2D eigenvalue weighted by Gasteiger charge is -2.24. The number of pyridine rings is 1. The van der Waals surface area contributed by atoms with Crippen LogP contribution in [0, 0.1) is 0 Å². The van der Waals surface area contributed by atoms with Gasteiger partial charge < -0.3 is 59.9 Å². The van der Waals surface area contributed by atoms with Crippen molar-refractivity contribution in [1.82, 2.24) is 20.5 Å². The summed E-state index contributed by atoms with van der Waals surface area (Å²) in [5, 5.41) is 16.6. The monoisotopic (exact) mass is 865 g/mol. The van der Waals surface area contributed by atoms with Crippen molar-refractivity contribution in [2.24, 2.45) is 0 Å². The Morgan fingerprint density at radius 1 is 0.730 bits per heavy atom. The van der Waals surface area contributed by atoms with Crippen LogP contribution in [0.25, 0.3) is 10.8 Å². The van der Waals surface area contributed by atoms with Crippen molar-refractivity contribution >= 4 is 51.5 Å². The number of rotatable bonds is 22. The number of ether oxygens (including phenoxy) is 6. The summed E-state index contributed by atoms with van der Waals surface area (Å²) in [6.45, 7) is 9.23. The number of hydrogen-bond acceptors (Lipinski definition) is 12. The molecule has 0 saturated carbocycles. The highest BCUT2D eigenvalue weighted by Gasteiger charge is 2.22. The van der Waals surface area contributed by atoms with E-state index in [9.17, 15) is 14.4 Å². The molecule has 16 nitrogen and oxygen atoms in total. The number of fused-ring (bicyclic) bond motifs is 1. The molecule has 0 atom stereocenters. The minimum atomic E-state index is -0.478. The highest BCUT2D eigenvalue weighted by atomic mass is 16.5. The van der Waals surface area contributed by atoms with Crippen molar-refractivity contribution in [3.05, 3.63) is 102 Å². The van der Waals surface area contributed by atoms with Gasteiger partial charge in [0, 0.05) is 66.1 Å². The van der Waals surface area contributed by atoms with Gasteiger partial charge in [-0.25, -0.2) is 9.78 Å². The third-order valence-corrected chi connectivity index (χ3v) is 9.52. The minimum absolute atomic E-state index is 0.129. The number of likely N-dealkylation sites (N-methyl/N-ethyl adjacent to an activating group) is 1. The van der Waals surface area contributed by atoms with E-state index in [1.54, 1.807) is 60.7 Å². The number of urea groups is 1. The maximum atomic E-state index is 13.7. The van der Waals surface area contributed by atoms with Crippen LogP contribution in [0.3, 0.4) is 0 Å². The minimum Gasteiger partial charge on any atom is -0.497 e. The number of aromatic nitrogens is 1. The molecule has 0 aliphatic rings. The van der Waals surface area contributed by atoms with Crippen molar-refractivity contribution in [1.29, 1.82) is 0 Å². The zero-order valence-corrected chi connectivity index (χ0v) is 37.3. The number of hydrogen-bond donors (Lipinski definition) is 5. The van der Waals surface area contributed by atoms with E-state index in [0.717, 1.165) is 21.9 Å². The van der Waals surface area contributed by atoms with Crippen molar-refractivity contribution < 1.29 is 42.8 Å². The van der Waals surface area contributed by atoms with E-state index in [4.69, 9.17) is 28.4 Å². The van der Waals surface area contributed by atoms with Gasteiger partial charge in [-0.1, -0.05) is 45.0 Å². The Bertz CT molecular complexity index is 2330. The lowest BCUT2D eigenvalue weighted by atomic mass is 9.85. The van der Waals surface area contributed by atoms with Crippen LogP contribution >= 0.6 is 0 Å². The van der Waals surface area contributed by atoms with Gasteiger partial charge in [-0.05, 0) is 67.5 Å². The predicted octanol–water partition coefficient (Wildman–Crippen LogP) is 7.32. The van der Waals surface area contributed by atoms with E-state index in [2.05, 4.69) is 52.3 Å². The zero-order chi connectivity index (χ0) is 45.4. The van der Waals surface area contributed by atoms with Gasteiger partial charge in [0.25, 0.3) is 5.91 Å². The summed E-state index contributed by atoms with van der Waals surface area (Å²) in [4.78, 5) is 45.5. The number of carbonyl (C=O) groups excluding carboxylic acids is 3. The third kappa shape index (κ3) is 14.3. The molecule has 5 aromatic rings. The topological polar surface area (TPSA) is 183 Å². The molecule has 0 unspecified atom stereocenters. The summed E-state index contributed by atoms with van der Waals surface area (Å²) in [5.41, 5.74) is 3.44. The van der Waals surface area contributed by atoms with Crippen LogP contribution in [-0.2, 0) is 31.0 Å². The Kier molecular flexibility index (Phi) is 17.5. The molecule has 0 aliphatic heterocycles. The largest absolute Gasteiger partial charge is 0.497 e. The first kappa shape index (κ1) is 47.6. The molecule has 16 heteroatoms. The van der Waals surface area contributed by atoms with Crippen LogP contribution in [-0.4, -0.2) is 109 Å². The summed E-state index contributed by atoms with van der Waals surface area (Å²) >= 11 is 0. The summed E-state index contributed by atoms with van der Waals surface area (Å²) < 4.78 is 33.5. The first-order valence-corrected chi connectivity index (χ1v) is 20.5. The van der Waals surface area contributed by atoms with Gasteiger partial charge in [-0.15, -0.1) is 0 Å². The molecule has 63 heavy (non-hydrogen) atoms. The normalized spacial score (nSPS) is 11.3. The van der Waals surface area contributed by atoms with Gasteiger partial charge in [-0.3, -0.25) is 9.59 Å². The fourth-order valence-electron chi connectivity index (χ4n) is 6.41. The fourth-order valence-corrected chi connectivity index (χ4v) is 6.41. The number of anilines is 4. The molecule has 0 fully saturated rings. The molecule has 5 rings (SSSR count). The number of amides is 4. The molecule has 1 heterocycles. The summed E-state index contributed by atoms with van der Waals surface area (Å²) in [6, 6.07) is 23.2. The van der Waals surface area contributed by atoms with E-state index in [1.807, 2.05) is 50.5 Å². The summed E-state index contributed by atoms with van der Waals surface area (Å²) in [7, 11) is 8.34. The Hall–Kier alpha value is -6.46. The number of benzene rings is 4. The summed E-state index contributed by atoms with van der Waals surface area (Å²) in [6.07, 6.45) is 1.61. The molecule has 336 valence electrons. The van der Waals surface area contributed by atoms with E-state index in [-0.39, 0.29) is 30.3 Å². The molecular weight excluding hydrogens is 807 g/mol. The SMILES string of the molecule is COCCOCCOCCNC(=O)c1cc(Nc2cc(Oc3ccc(NC(=O)Nc4cc(C(C)(C)C)cc(CNC(=O)CN(C)C)c4OC)c4ccccc34)ccn2)cc(OC)c1. The first-order valence-electron chi connectivity index (χ1n) is 20.5. The highest BCUT2D eigenvalue weighted by Crippen LogP contribution is 2.37.